The second-order valence-electron chi connectivity index (χ2n) is 7.29. The van der Waals surface area contributed by atoms with Crippen molar-refractivity contribution in [2.75, 3.05) is 26.2 Å². The highest BCUT2D eigenvalue weighted by Crippen LogP contribution is 2.25. The number of carbonyl (C=O) groups excluding carboxylic acids is 1. The summed E-state index contributed by atoms with van der Waals surface area (Å²) in [5.74, 6) is 1.34. The number of ether oxygens (including phenoxy) is 1. The van der Waals surface area contributed by atoms with Gasteiger partial charge < -0.3 is 14.1 Å². The molecule has 0 saturated carbocycles. The molecule has 0 atom stereocenters. The van der Waals surface area contributed by atoms with Gasteiger partial charge in [-0.1, -0.05) is 53.0 Å². The molecule has 0 aliphatic carbocycles. The van der Waals surface area contributed by atoms with Gasteiger partial charge in [0, 0.05) is 42.8 Å². The third kappa shape index (κ3) is 5.55. The maximum Gasteiger partial charge on any atom is 0.289 e. The van der Waals surface area contributed by atoms with Gasteiger partial charge in [-0.25, -0.2) is 0 Å². The number of halogens is 3. The van der Waals surface area contributed by atoms with Crippen molar-refractivity contribution in [1.29, 1.82) is 0 Å². The normalized spacial score (nSPS) is 14.6. The number of carbonyl (C=O) groups is 1. The molecule has 0 radical (unpaired) electrons. The van der Waals surface area contributed by atoms with Crippen molar-refractivity contribution in [3.8, 4) is 5.75 Å². The minimum absolute atomic E-state index is 0.117. The Balaban J connectivity index is 1.29. The maximum absolute atomic E-state index is 12.8. The van der Waals surface area contributed by atoms with Gasteiger partial charge in [0.2, 0.25) is 0 Å². The highest BCUT2D eigenvalue weighted by molar-refractivity contribution is 6.35. The van der Waals surface area contributed by atoms with Crippen LogP contribution >= 0.6 is 34.8 Å². The van der Waals surface area contributed by atoms with E-state index in [1.165, 1.54) is 0 Å². The van der Waals surface area contributed by atoms with E-state index in [-0.39, 0.29) is 12.5 Å². The van der Waals surface area contributed by atoms with Crippen LogP contribution in [-0.2, 0) is 13.2 Å². The highest BCUT2D eigenvalue weighted by atomic mass is 35.5. The van der Waals surface area contributed by atoms with Crippen LogP contribution in [-0.4, -0.2) is 41.9 Å². The Kier molecular flexibility index (Phi) is 7.08. The molecule has 1 amide bonds. The molecule has 1 saturated heterocycles. The fourth-order valence-corrected chi connectivity index (χ4v) is 4.10. The van der Waals surface area contributed by atoms with E-state index in [0.717, 1.165) is 25.2 Å². The van der Waals surface area contributed by atoms with E-state index < -0.39 is 0 Å². The van der Waals surface area contributed by atoms with Crippen LogP contribution in [0.2, 0.25) is 15.1 Å². The summed E-state index contributed by atoms with van der Waals surface area (Å²) in [6, 6.07) is 16.2. The topological polar surface area (TPSA) is 45.9 Å². The predicted molar refractivity (Wildman–Crippen MR) is 122 cm³/mol. The van der Waals surface area contributed by atoms with Gasteiger partial charge in [0.1, 0.15) is 18.1 Å². The van der Waals surface area contributed by atoms with E-state index >= 15 is 0 Å². The Morgan fingerprint density at radius 1 is 0.935 bits per heavy atom. The summed E-state index contributed by atoms with van der Waals surface area (Å²) in [6.07, 6.45) is 0. The van der Waals surface area contributed by atoms with Gasteiger partial charge in [0.15, 0.2) is 5.76 Å². The molecule has 1 fully saturated rings. The Morgan fingerprint density at radius 3 is 2.45 bits per heavy atom. The van der Waals surface area contributed by atoms with Gasteiger partial charge in [-0.05, 0) is 42.0 Å². The van der Waals surface area contributed by atoms with E-state index in [4.69, 9.17) is 44.0 Å². The predicted octanol–water partition coefficient (Wildman–Crippen LogP) is 5.78. The number of benzene rings is 2. The number of rotatable bonds is 6. The van der Waals surface area contributed by atoms with Crippen molar-refractivity contribution >= 4 is 40.7 Å². The number of furan rings is 1. The SMILES string of the molecule is O=C(c1ccc(COc2ccccc2Cl)o1)N1CCN(Cc2ccc(Cl)cc2Cl)CC1. The van der Waals surface area contributed by atoms with Gasteiger partial charge in [0.05, 0.1) is 5.02 Å². The molecule has 162 valence electrons. The molecule has 5 nitrogen and oxygen atoms in total. The lowest BCUT2D eigenvalue weighted by molar-refractivity contribution is 0.0594. The van der Waals surface area contributed by atoms with E-state index in [2.05, 4.69) is 4.90 Å². The lowest BCUT2D eigenvalue weighted by Gasteiger charge is -2.34. The lowest BCUT2D eigenvalue weighted by atomic mass is 10.2. The van der Waals surface area contributed by atoms with Crippen LogP contribution in [0, 0.1) is 0 Å². The van der Waals surface area contributed by atoms with Crippen LogP contribution < -0.4 is 4.74 Å². The number of nitrogens with zero attached hydrogens (tertiary/aromatic N) is 2. The van der Waals surface area contributed by atoms with Crippen LogP contribution in [0.5, 0.6) is 5.75 Å². The fraction of sp³-hybridized carbons (Fsp3) is 0.261. The molecule has 2 heterocycles. The van der Waals surface area contributed by atoms with E-state index in [0.29, 0.717) is 45.4 Å². The van der Waals surface area contributed by atoms with Crippen LogP contribution in [0.3, 0.4) is 0 Å². The van der Waals surface area contributed by atoms with Crippen molar-refractivity contribution in [3.05, 3.63) is 86.7 Å². The first-order valence-electron chi connectivity index (χ1n) is 9.91. The van der Waals surface area contributed by atoms with Gasteiger partial charge in [-0.2, -0.15) is 0 Å². The number of piperazine rings is 1. The van der Waals surface area contributed by atoms with E-state index in [9.17, 15) is 4.79 Å². The van der Waals surface area contributed by atoms with Crippen LogP contribution in [0.4, 0.5) is 0 Å². The monoisotopic (exact) mass is 478 g/mol. The Hall–Kier alpha value is -2.18. The van der Waals surface area contributed by atoms with Crippen molar-refractivity contribution in [1.82, 2.24) is 9.80 Å². The third-order valence-electron chi connectivity index (χ3n) is 5.15. The molecule has 1 aliphatic rings. The Bertz CT molecular complexity index is 1060. The van der Waals surface area contributed by atoms with Crippen molar-refractivity contribution in [3.63, 3.8) is 0 Å². The van der Waals surface area contributed by atoms with Crippen LogP contribution in [0.1, 0.15) is 21.9 Å². The number of hydrogen-bond acceptors (Lipinski definition) is 4. The first-order valence-corrected chi connectivity index (χ1v) is 11.0. The van der Waals surface area contributed by atoms with E-state index in [1.54, 1.807) is 35.2 Å². The minimum Gasteiger partial charge on any atom is -0.484 e. The number of para-hydroxylation sites is 1. The van der Waals surface area contributed by atoms with Crippen molar-refractivity contribution in [2.24, 2.45) is 0 Å². The zero-order chi connectivity index (χ0) is 21.8. The first-order chi connectivity index (χ1) is 15.0. The molecule has 0 bridgehead atoms. The largest absolute Gasteiger partial charge is 0.484 e. The third-order valence-corrected chi connectivity index (χ3v) is 6.05. The van der Waals surface area contributed by atoms with Gasteiger partial charge >= 0.3 is 0 Å². The summed E-state index contributed by atoms with van der Waals surface area (Å²) in [5.41, 5.74) is 1.03. The second kappa shape index (κ2) is 9.96. The summed E-state index contributed by atoms with van der Waals surface area (Å²) in [6.45, 7) is 3.68. The smallest absolute Gasteiger partial charge is 0.289 e. The summed E-state index contributed by atoms with van der Waals surface area (Å²) in [5, 5.41) is 1.82. The Morgan fingerprint density at radius 2 is 1.71 bits per heavy atom. The summed E-state index contributed by atoms with van der Waals surface area (Å²) in [4.78, 5) is 16.9. The molecule has 0 spiro atoms. The average Bonchev–Trinajstić information content (AvgIpc) is 3.24. The molecule has 31 heavy (non-hydrogen) atoms. The molecular weight excluding hydrogens is 459 g/mol. The molecule has 8 heteroatoms. The average molecular weight is 480 g/mol. The number of amides is 1. The van der Waals surface area contributed by atoms with Crippen LogP contribution in [0.15, 0.2) is 59.0 Å². The van der Waals surface area contributed by atoms with Crippen LogP contribution in [0.25, 0.3) is 0 Å². The second-order valence-corrected chi connectivity index (χ2v) is 8.54. The zero-order valence-corrected chi connectivity index (χ0v) is 19.0. The molecule has 2 aromatic carbocycles. The zero-order valence-electron chi connectivity index (χ0n) is 16.7. The molecule has 1 aromatic heterocycles. The van der Waals surface area contributed by atoms with Crippen molar-refractivity contribution < 1.29 is 13.9 Å². The van der Waals surface area contributed by atoms with Crippen molar-refractivity contribution in [2.45, 2.75) is 13.2 Å². The minimum atomic E-state index is -0.117. The number of hydrogen-bond donors (Lipinski definition) is 0. The van der Waals surface area contributed by atoms with Gasteiger partial charge in [-0.15, -0.1) is 0 Å². The molecule has 0 N–H and O–H groups in total. The van der Waals surface area contributed by atoms with E-state index in [1.807, 2.05) is 24.3 Å². The summed E-state index contributed by atoms with van der Waals surface area (Å²) >= 11 is 18.3. The molecule has 1 aliphatic heterocycles. The van der Waals surface area contributed by atoms with Gasteiger partial charge in [0.25, 0.3) is 5.91 Å². The lowest BCUT2D eigenvalue weighted by Crippen LogP contribution is -2.48. The molecule has 3 aromatic rings. The quantitative estimate of drug-likeness (QED) is 0.450. The molecular formula is C23H21Cl3N2O3. The van der Waals surface area contributed by atoms with Gasteiger partial charge in [-0.3, -0.25) is 9.69 Å². The molecule has 4 rings (SSSR count). The standard InChI is InChI=1S/C23H21Cl3N2O3/c24-17-6-5-16(20(26)13-17)14-27-9-11-28(12-10-27)23(29)22-8-7-18(31-22)15-30-21-4-2-1-3-19(21)25/h1-8,13H,9-12,14-15H2. The summed E-state index contributed by atoms with van der Waals surface area (Å²) in [7, 11) is 0. The first kappa shape index (κ1) is 22.0. The highest BCUT2D eigenvalue weighted by Gasteiger charge is 2.24. The summed E-state index contributed by atoms with van der Waals surface area (Å²) < 4.78 is 11.4. The molecule has 0 unspecified atom stereocenters. The Labute approximate surface area is 196 Å². The maximum atomic E-state index is 12.8. The fourth-order valence-electron chi connectivity index (χ4n) is 3.44.